The van der Waals surface area contributed by atoms with Crippen molar-refractivity contribution in [2.75, 3.05) is 11.9 Å². The Kier molecular flexibility index (Phi) is 3.82. The zero-order valence-electron chi connectivity index (χ0n) is 9.94. The predicted octanol–water partition coefficient (Wildman–Crippen LogP) is 1.81. The van der Waals surface area contributed by atoms with Gasteiger partial charge in [-0.1, -0.05) is 6.07 Å². The van der Waals surface area contributed by atoms with Gasteiger partial charge in [-0.25, -0.2) is 0 Å². The van der Waals surface area contributed by atoms with Gasteiger partial charge in [-0.15, -0.1) is 0 Å². The number of rotatable bonds is 5. The average Bonchev–Trinajstić information content (AvgIpc) is 2.34. The maximum atomic E-state index is 11.3. The van der Waals surface area contributed by atoms with E-state index in [1.54, 1.807) is 0 Å². The van der Waals surface area contributed by atoms with E-state index in [4.69, 9.17) is 9.84 Å². The minimum atomic E-state index is -0.819. The summed E-state index contributed by atoms with van der Waals surface area (Å²) >= 11 is 0. The third-order valence-corrected chi connectivity index (χ3v) is 2.80. The van der Waals surface area contributed by atoms with Crippen LogP contribution in [0.4, 0.5) is 5.69 Å². The zero-order chi connectivity index (χ0) is 13.0. The zero-order valence-corrected chi connectivity index (χ0v) is 9.94. The lowest BCUT2D eigenvalue weighted by Crippen LogP contribution is -2.19. The molecule has 0 atom stereocenters. The Labute approximate surface area is 105 Å². The van der Waals surface area contributed by atoms with Crippen LogP contribution >= 0.6 is 0 Å². The number of fused-ring (bicyclic) bond motifs is 1. The summed E-state index contributed by atoms with van der Waals surface area (Å²) in [6.07, 6.45) is 1.70. The largest absolute Gasteiger partial charge is 0.493 e. The van der Waals surface area contributed by atoms with Gasteiger partial charge in [0.25, 0.3) is 0 Å². The minimum absolute atomic E-state index is 0.0190. The van der Waals surface area contributed by atoms with Gasteiger partial charge in [0.1, 0.15) is 5.75 Å². The number of carbonyl (C=O) groups is 2. The van der Waals surface area contributed by atoms with Crippen molar-refractivity contribution in [3.05, 3.63) is 23.8 Å². The van der Waals surface area contributed by atoms with Gasteiger partial charge in [-0.2, -0.15) is 0 Å². The standard InChI is InChI=1S/C13H15NO4/c15-12-7-6-9-10(14-12)3-1-4-11(9)18-8-2-5-13(16)17/h1,3-4H,2,5-8H2,(H,14,15)(H,16,17). The van der Waals surface area contributed by atoms with Crippen molar-refractivity contribution in [1.29, 1.82) is 0 Å². The fourth-order valence-electron chi connectivity index (χ4n) is 1.93. The molecule has 96 valence electrons. The van der Waals surface area contributed by atoms with Crippen LogP contribution < -0.4 is 10.1 Å². The molecule has 18 heavy (non-hydrogen) atoms. The molecule has 1 heterocycles. The summed E-state index contributed by atoms with van der Waals surface area (Å²) in [6, 6.07) is 5.50. The van der Waals surface area contributed by atoms with Crippen LogP contribution in [0, 0.1) is 0 Å². The van der Waals surface area contributed by atoms with Crippen LogP contribution in [-0.4, -0.2) is 23.6 Å². The van der Waals surface area contributed by atoms with Crippen molar-refractivity contribution in [2.45, 2.75) is 25.7 Å². The molecule has 0 spiro atoms. The highest BCUT2D eigenvalue weighted by Crippen LogP contribution is 2.31. The topological polar surface area (TPSA) is 75.6 Å². The van der Waals surface area contributed by atoms with Gasteiger partial charge < -0.3 is 15.2 Å². The Balaban J connectivity index is 1.99. The fourth-order valence-corrected chi connectivity index (χ4v) is 1.93. The molecule has 1 aliphatic heterocycles. The van der Waals surface area contributed by atoms with Gasteiger partial charge in [0.05, 0.1) is 6.61 Å². The lowest BCUT2D eigenvalue weighted by Gasteiger charge is -2.19. The molecule has 1 aliphatic rings. The molecule has 0 aromatic heterocycles. The highest BCUT2D eigenvalue weighted by molar-refractivity contribution is 5.94. The maximum absolute atomic E-state index is 11.3. The molecular weight excluding hydrogens is 234 g/mol. The van der Waals surface area contributed by atoms with Crippen LogP contribution in [0.5, 0.6) is 5.75 Å². The summed E-state index contributed by atoms with van der Waals surface area (Å²) in [5.41, 5.74) is 1.79. The molecule has 2 N–H and O–H groups in total. The number of benzene rings is 1. The Morgan fingerprint density at radius 3 is 3.00 bits per heavy atom. The van der Waals surface area contributed by atoms with Gasteiger partial charge in [0.2, 0.25) is 5.91 Å². The molecular formula is C13H15NO4. The molecule has 5 nitrogen and oxygen atoms in total. The van der Waals surface area contributed by atoms with Crippen molar-refractivity contribution < 1.29 is 19.4 Å². The summed E-state index contributed by atoms with van der Waals surface area (Å²) in [4.78, 5) is 21.6. The number of aliphatic carboxylic acids is 1. The van der Waals surface area contributed by atoms with Gasteiger partial charge in [0, 0.05) is 24.1 Å². The van der Waals surface area contributed by atoms with Crippen LogP contribution in [0.15, 0.2) is 18.2 Å². The monoisotopic (exact) mass is 249 g/mol. The van der Waals surface area contributed by atoms with E-state index in [0.717, 1.165) is 17.0 Å². The van der Waals surface area contributed by atoms with Crippen LogP contribution in [0.1, 0.15) is 24.8 Å². The van der Waals surface area contributed by atoms with Gasteiger partial charge in [0.15, 0.2) is 0 Å². The molecule has 1 amide bonds. The van der Waals surface area contributed by atoms with Crippen LogP contribution in [0.25, 0.3) is 0 Å². The van der Waals surface area contributed by atoms with E-state index in [1.165, 1.54) is 0 Å². The van der Waals surface area contributed by atoms with Crippen molar-refractivity contribution in [1.82, 2.24) is 0 Å². The molecule has 0 unspecified atom stereocenters. The molecule has 5 heteroatoms. The molecule has 0 saturated heterocycles. The SMILES string of the molecule is O=C(O)CCCOc1cccc2c1CCC(=O)N2. The number of amides is 1. The third-order valence-electron chi connectivity index (χ3n) is 2.80. The lowest BCUT2D eigenvalue weighted by atomic mass is 10.0. The molecule has 0 saturated carbocycles. The Morgan fingerprint density at radius 2 is 2.22 bits per heavy atom. The summed E-state index contributed by atoms with van der Waals surface area (Å²) < 4.78 is 5.58. The van der Waals surface area contributed by atoms with Crippen molar-refractivity contribution in [3.8, 4) is 5.75 Å². The van der Waals surface area contributed by atoms with Crippen LogP contribution in [-0.2, 0) is 16.0 Å². The highest BCUT2D eigenvalue weighted by atomic mass is 16.5. The predicted molar refractivity (Wildman–Crippen MR) is 65.8 cm³/mol. The molecule has 0 fully saturated rings. The summed E-state index contributed by atoms with van der Waals surface area (Å²) in [7, 11) is 0. The number of carboxylic acid groups (broad SMARTS) is 1. The Hall–Kier alpha value is -2.04. The summed E-state index contributed by atoms with van der Waals surface area (Å²) in [6.45, 7) is 0.372. The van der Waals surface area contributed by atoms with E-state index in [9.17, 15) is 9.59 Å². The second kappa shape index (κ2) is 5.53. The van der Waals surface area contributed by atoms with E-state index >= 15 is 0 Å². The molecule has 0 radical (unpaired) electrons. The summed E-state index contributed by atoms with van der Waals surface area (Å²) in [5.74, 6) is -0.0654. The van der Waals surface area contributed by atoms with E-state index < -0.39 is 5.97 Å². The van der Waals surface area contributed by atoms with Crippen molar-refractivity contribution in [2.24, 2.45) is 0 Å². The molecule has 1 aromatic rings. The van der Waals surface area contributed by atoms with E-state index in [2.05, 4.69) is 5.32 Å². The van der Waals surface area contributed by atoms with Crippen LogP contribution in [0.3, 0.4) is 0 Å². The Morgan fingerprint density at radius 1 is 1.39 bits per heavy atom. The lowest BCUT2D eigenvalue weighted by molar-refractivity contribution is -0.137. The molecule has 0 aliphatic carbocycles. The normalized spacial score (nSPS) is 13.7. The number of anilines is 1. The maximum Gasteiger partial charge on any atom is 0.303 e. The minimum Gasteiger partial charge on any atom is -0.493 e. The van der Waals surface area contributed by atoms with Crippen molar-refractivity contribution >= 4 is 17.6 Å². The van der Waals surface area contributed by atoms with Crippen molar-refractivity contribution in [3.63, 3.8) is 0 Å². The van der Waals surface area contributed by atoms with Gasteiger partial charge in [-0.05, 0) is 25.0 Å². The van der Waals surface area contributed by atoms with E-state index in [1.807, 2.05) is 18.2 Å². The Bertz CT molecular complexity index is 470. The van der Waals surface area contributed by atoms with E-state index in [0.29, 0.717) is 25.9 Å². The first-order chi connectivity index (χ1) is 8.66. The first-order valence-corrected chi connectivity index (χ1v) is 5.93. The third kappa shape index (κ3) is 3.00. The number of carboxylic acids is 1. The van der Waals surface area contributed by atoms with Gasteiger partial charge >= 0.3 is 5.97 Å². The second-order valence-electron chi connectivity index (χ2n) is 4.18. The first kappa shape index (κ1) is 12.4. The van der Waals surface area contributed by atoms with Gasteiger partial charge in [-0.3, -0.25) is 9.59 Å². The van der Waals surface area contributed by atoms with Crippen LogP contribution in [0.2, 0.25) is 0 Å². The highest BCUT2D eigenvalue weighted by Gasteiger charge is 2.18. The number of hydrogen-bond acceptors (Lipinski definition) is 3. The molecule has 1 aromatic carbocycles. The molecule has 2 rings (SSSR count). The molecule has 0 bridgehead atoms. The smallest absolute Gasteiger partial charge is 0.303 e. The number of hydrogen-bond donors (Lipinski definition) is 2. The first-order valence-electron chi connectivity index (χ1n) is 5.93. The fraction of sp³-hybridized carbons (Fsp3) is 0.385. The quantitative estimate of drug-likeness (QED) is 0.780. The number of carbonyl (C=O) groups excluding carboxylic acids is 1. The second-order valence-corrected chi connectivity index (χ2v) is 4.18. The average molecular weight is 249 g/mol. The number of ether oxygens (including phenoxy) is 1. The summed E-state index contributed by atoms with van der Waals surface area (Å²) in [5, 5.41) is 11.3. The van der Waals surface area contributed by atoms with E-state index in [-0.39, 0.29) is 12.3 Å². The number of nitrogens with one attached hydrogen (secondary N) is 1.